The van der Waals surface area contributed by atoms with Crippen LogP contribution in [0.2, 0.25) is 0 Å². The van der Waals surface area contributed by atoms with Gasteiger partial charge in [-0.2, -0.15) is 0 Å². The maximum atomic E-state index is 9.88. The van der Waals surface area contributed by atoms with Crippen LogP contribution in [0.4, 0.5) is 5.69 Å². The van der Waals surface area contributed by atoms with Gasteiger partial charge in [0.15, 0.2) is 0 Å². The van der Waals surface area contributed by atoms with Gasteiger partial charge < -0.3 is 19.9 Å². The van der Waals surface area contributed by atoms with E-state index in [0.29, 0.717) is 13.2 Å². The molecule has 0 amide bonds. The van der Waals surface area contributed by atoms with Crippen LogP contribution in [0.15, 0.2) is 24.3 Å². The van der Waals surface area contributed by atoms with E-state index in [1.54, 1.807) is 21.0 Å². The molecule has 0 bridgehead atoms. The Morgan fingerprint density at radius 3 is 2.67 bits per heavy atom. The molecule has 0 heterocycles. The van der Waals surface area contributed by atoms with Crippen molar-refractivity contribution in [3.8, 4) is 5.75 Å². The van der Waals surface area contributed by atoms with Crippen molar-refractivity contribution < 1.29 is 14.6 Å². The Balaban J connectivity index is 2.59. The lowest BCUT2D eigenvalue weighted by Crippen LogP contribution is -2.39. The quantitative estimate of drug-likeness (QED) is 0.732. The summed E-state index contributed by atoms with van der Waals surface area (Å²) in [7, 11) is 1.65. The number of methoxy groups -OCH3 is 1. The summed E-state index contributed by atoms with van der Waals surface area (Å²) in [6.07, 6.45) is 0. The minimum atomic E-state index is -0.771. The van der Waals surface area contributed by atoms with Crippen LogP contribution >= 0.6 is 0 Å². The molecule has 4 nitrogen and oxygen atoms in total. The van der Waals surface area contributed by atoms with Gasteiger partial charge in [-0.3, -0.25) is 0 Å². The molecule has 0 aromatic heterocycles. The first-order valence-corrected chi connectivity index (χ1v) is 6.14. The third-order valence-electron chi connectivity index (χ3n) is 2.83. The van der Waals surface area contributed by atoms with Gasteiger partial charge in [-0.1, -0.05) is 6.07 Å². The van der Waals surface area contributed by atoms with E-state index in [4.69, 9.17) is 9.47 Å². The SMILES string of the molecule is COCCOc1cccc(NC(C)C(C)(C)O)c1. The van der Waals surface area contributed by atoms with E-state index < -0.39 is 5.60 Å². The first-order chi connectivity index (χ1) is 8.43. The Morgan fingerprint density at radius 2 is 2.06 bits per heavy atom. The molecule has 0 aliphatic heterocycles. The van der Waals surface area contributed by atoms with E-state index >= 15 is 0 Å². The predicted octanol–water partition coefficient (Wildman–Crippen LogP) is 2.28. The molecule has 18 heavy (non-hydrogen) atoms. The normalized spacial score (nSPS) is 13.2. The van der Waals surface area contributed by atoms with E-state index in [0.717, 1.165) is 11.4 Å². The van der Waals surface area contributed by atoms with Gasteiger partial charge in [0.1, 0.15) is 12.4 Å². The highest BCUT2D eigenvalue weighted by atomic mass is 16.5. The Labute approximate surface area is 109 Å². The van der Waals surface area contributed by atoms with Gasteiger partial charge >= 0.3 is 0 Å². The van der Waals surface area contributed by atoms with Gasteiger partial charge in [-0.25, -0.2) is 0 Å². The number of hydrogen-bond acceptors (Lipinski definition) is 4. The smallest absolute Gasteiger partial charge is 0.121 e. The second-order valence-corrected chi connectivity index (χ2v) is 4.89. The van der Waals surface area contributed by atoms with Crippen molar-refractivity contribution in [1.29, 1.82) is 0 Å². The van der Waals surface area contributed by atoms with Gasteiger partial charge in [0.25, 0.3) is 0 Å². The monoisotopic (exact) mass is 253 g/mol. The van der Waals surface area contributed by atoms with Crippen molar-refractivity contribution in [2.45, 2.75) is 32.4 Å². The second-order valence-electron chi connectivity index (χ2n) is 4.89. The van der Waals surface area contributed by atoms with Crippen molar-refractivity contribution in [2.75, 3.05) is 25.6 Å². The van der Waals surface area contributed by atoms with Crippen LogP contribution < -0.4 is 10.1 Å². The third-order valence-corrected chi connectivity index (χ3v) is 2.83. The molecule has 102 valence electrons. The summed E-state index contributed by atoms with van der Waals surface area (Å²) in [6, 6.07) is 7.63. The van der Waals surface area contributed by atoms with Crippen LogP contribution in [0.5, 0.6) is 5.75 Å². The van der Waals surface area contributed by atoms with E-state index in [2.05, 4.69) is 5.32 Å². The first-order valence-electron chi connectivity index (χ1n) is 6.14. The lowest BCUT2D eigenvalue weighted by atomic mass is 10.0. The zero-order valence-electron chi connectivity index (χ0n) is 11.6. The topological polar surface area (TPSA) is 50.7 Å². The summed E-state index contributed by atoms with van der Waals surface area (Å²) in [5, 5.41) is 13.1. The lowest BCUT2D eigenvalue weighted by molar-refractivity contribution is 0.0649. The Morgan fingerprint density at radius 1 is 1.33 bits per heavy atom. The van der Waals surface area contributed by atoms with Crippen LogP contribution in [-0.2, 0) is 4.74 Å². The minimum absolute atomic E-state index is 0.0493. The van der Waals surface area contributed by atoms with Crippen LogP contribution in [0.1, 0.15) is 20.8 Å². The molecule has 0 aliphatic rings. The van der Waals surface area contributed by atoms with E-state index in [-0.39, 0.29) is 6.04 Å². The number of rotatable bonds is 7. The molecule has 0 fully saturated rings. The van der Waals surface area contributed by atoms with Crippen LogP contribution in [-0.4, -0.2) is 37.1 Å². The molecular formula is C14H23NO3. The fourth-order valence-electron chi connectivity index (χ4n) is 1.35. The second kappa shape index (κ2) is 6.61. The van der Waals surface area contributed by atoms with Crippen LogP contribution in [0, 0.1) is 0 Å². The summed E-state index contributed by atoms with van der Waals surface area (Å²) < 4.78 is 10.5. The van der Waals surface area contributed by atoms with Gasteiger partial charge in [0, 0.05) is 18.9 Å². The number of benzene rings is 1. The summed E-state index contributed by atoms with van der Waals surface area (Å²) in [4.78, 5) is 0. The highest BCUT2D eigenvalue weighted by Gasteiger charge is 2.21. The molecule has 1 aromatic rings. The Hall–Kier alpha value is -1.26. The molecular weight excluding hydrogens is 230 g/mol. The maximum Gasteiger partial charge on any atom is 0.121 e. The molecule has 4 heteroatoms. The standard InChI is InChI=1S/C14H23NO3/c1-11(14(2,3)16)15-12-6-5-7-13(10-12)18-9-8-17-4/h5-7,10-11,15-16H,8-9H2,1-4H3. The zero-order valence-corrected chi connectivity index (χ0v) is 11.6. The van der Waals surface area contributed by atoms with Crippen molar-refractivity contribution in [3.63, 3.8) is 0 Å². The van der Waals surface area contributed by atoms with Crippen molar-refractivity contribution in [3.05, 3.63) is 24.3 Å². The highest BCUT2D eigenvalue weighted by molar-refractivity contribution is 5.49. The molecule has 0 radical (unpaired) electrons. The summed E-state index contributed by atoms with van der Waals surface area (Å²) in [5.41, 5.74) is 0.159. The zero-order chi connectivity index (χ0) is 13.6. The van der Waals surface area contributed by atoms with Gasteiger partial charge in [-0.15, -0.1) is 0 Å². The summed E-state index contributed by atoms with van der Waals surface area (Å²) in [5.74, 6) is 0.792. The fraction of sp³-hybridized carbons (Fsp3) is 0.571. The number of aliphatic hydroxyl groups is 1. The highest BCUT2D eigenvalue weighted by Crippen LogP contribution is 2.20. The van der Waals surface area contributed by atoms with E-state index in [1.165, 1.54) is 0 Å². The molecule has 0 spiro atoms. The van der Waals surface area contributed by atoms with Crippen LogP contribution in [0.25, 0.3) is 0 Å². The van der Waals surface area contributed by atoms with E-state index in [9.17, 15) is 5.11 Å². The predicted molar refractivity (Wildman–Crippen MR) is 73.2 cm³/mol. The number of ether oxygens (including phenoxy) is 2. The Kier molecular flexibility index (Phi) is 5.44. The van der Waals surface area contributed by atoms with E-state index in [1.807, 2.05) is 31.2 Å². The van der Waals surface area contributed by atoms with Gasteiger partial charge in [-0.05, 0) is 32.9 Å². The molecule has 1 atom stereocenters. The molecule has 0 saturated carbocycles. The average molecular weight is 253 g/mol. The number of nitrogens with one attached hydrogen (secondary N) is 1. The van der Waals surface area contributed by atoms with Gasteiger partial charge in [0.2, 0.25) is 0 Å². The number of hydrogen-bond donors (Lipinski definition) is 2. The molecule has 2 N–H and O–H groups in total. The molecule has 0 saturated heterocycles. The van der Waals surface area contributed by atoms with Crippen LogP contribution in [0.3, 0.4) is 0 Å². The maximum absolute atomic E-state index is 9.88. The minimum Gasteiger partial charge on any atom is -0.491 e. The van der Waals surface area contributed by atoms with Crippen molar-refractivity contribution in [2.24, 2.45) is 0 Å². The average Bonchev–Trinajstić information content (AvgIpc) is 2.28. The number of anilines is 1. The summed E-state index contributed by atoms with van der Waals surface area (Å²) in [6.45, 7) is 6.60. The molecule has 1 rings (SSSR count). The first kappa shape index (κ1) is 14.8. The molecule has 1 unspecified atom stereocenters. The van der Waals surface area contributed by atoms with Crippen molar-refractivity contribution >= 4 is 5.69 Å². The largest absolute Gasteiger partial charge is 0.491 e. The molecule has 0 aliphatic carbocycles. The van der Waals surface area contributed by atoms with Gasteiger partial charge in [0.05, 0.1) is 18.2 Å². The molecule has 1 aromatic carbocycles. The Bertz CT molecular complexity index is 360. The third kappa shape index (κ3) is 4.94. The summed E-state index contributed by atoms with van der Waals surface area (Å²) >= 11 is 0. The fourth-order valence-corrected chi connectivity index (χ4v) is 1.35. The lowest BCUT2D eigenvalue weighted by Gasteiger charge is -2.27. The van der Waals surface area contributed by atoms with Crippen molar-refractivity contribution in [1.82, 2.24) is 0 Å².